The minimum absolute atomic E-state index is 0. The standard InChI is InChI=1S/C18H20N2O.ClH/c19-18(21)17-7-5-14(6-8-17)13-1-3-15(4-2-13)16-9-11-20-12-10-16;/h1-8,16,20H,9-12H2,(H2,19,21);1H. The summed E-state index contributed by atoms with van der Waals surface area (Å²) in [5, 5.41) is 3.40. The van der Waals surface area contributed by atoms with Gasteiger partial charge in [-0.3, -0.25) is 4.79 Å². The number of halogens is 1. The van der Waals surface area contributed by atoms with Crippen molar-refractivity contribution < 1.29 is 4.79 Å². The lowest BCUT2D eigenvalue weighted by atomic mass is 9.89. The predicted molar refractivity (Wildman–Crippen MR) is 92.5 cm³/mol. The molecule has 0 radical (unpaired) electrons. The molecule has 2 aromatic rings. The van der Waals surface area contributed by atoms with Gasteiger partial charge in [0.1, 0.15) is 0 Å². The van der Waals surface area contributed by atoms with E-state index in [2.05, 4.69) is 29.6 Å². The van der Waals surface area contributed by atoms with E-state index in [0.717, 1.165) is 18.7 Å². The van der Waals surface area contributed by atoms with Crippen LogP contribution in [0.2, 0.25) is 0 Å². The van der Waals surface area contributed by atoms with Crippen LogP contribution in [-0.4, -0.2) is 19.0 Å². The summed E-state index contributed by atoms with van der Waals surface area (Å²) in [6, 6.07) is 16.2. The third kappa shape index (κ3) is 3.67. The van der Waals surface area contributed by atoms with E-state index >= 15 is 0 Å². The lowest BCUT2D eigenvalue weighted by Crippen LogP contribution is -2.26. The second-order valence-electron chi connectivity index (χ2n) is 5.59. The Balaban J connectivity index is 0.00000176. The van der Waals surface area contributed by atoms with E-state index in [1.807, 2.05) is 12.1 Å². The molecule has 0 aliphatic carbocycles. The largest absolute Gasteiger partial charge is 0.366 e. The molecule has 4 heteroatoms. The molecule has 0 unspecified atom stereocenters. The van der Waals surface area contributed by atoms with Gasteiger partial charge in [-0.25, -0.2) is 0 Å². The molecule has 22 heavy (non-hydrogen) atoms. The molecule has 2 aromatic carbocycles. The second kappa shape index (κ2) is 7.43. The van der Waals surface area contributed by atoms with Crippen molar-refractivity contribution >= 4 is 18.3 Å². The van der Waals surface area contributed by atoms with E-state index in [9.17, 15) is 4.79 Å². The Morgan fingerprint density at radius 2 is 1.41 bits per heavy atom. The molecule has 1 saturated heterocycles. The molecular formula is C18H21ClN2O. The zero-order chi connectivity index (χ0) is 14.7. The van der Waals surface area contributed by atoms with E-state index in [1.165, 1.54) is 24.0 Å². The van der Waals surface area contributed by atoms with Crippen LogP contribution in [0.15, 0.2) is 48.5 Å². The van der Waals surface area contributed by atoms with Crippen LogP contribution in [0.25, 0.3) is 11.1 Å². The molecule has 3 nitrogen and oxygen atoms in total. The number of amides is 1. The highest BCUT2D eigenvalue weighted by Gasteiger charge is 2.14. The fourth-order valence-corrected chi connectivity index (χ4v) is 2.93. The first-order valence-electron chi connectivity index (χ1n) is 7.45. The number of nitrogens with two attached hydrogens (primary N) is 1. The molecule has 1 heterocycles. The summed E-state index contributed by atoms with van der Waals surface area (Å²) < 4.78 is 0. The zero-order valence-corrected chi connectivity index (χ0v) is 13.2. The third-order valence-electron chi connectivity index (χ3n) is 4.22. The van der Waals surface area contributed by atoms with E-state index < -0.39 is 0 Å². The van der Waals surface area contributed by atoms with Crippen LogP contribution in [0.5, 0.6) is 0 Å². The Morgan fingerprint density at radius 3 is 1.91 bits per heavy atom. The number of nitrogens with one attached hydrogen (secondary N) is 1. The van der Waals surface area contributed by atoms with E-state index in [-0.39, 0.29) is 18.3 Å². The lowest BCUT2D eigenvalue weighted by molar-refractivity contribution is 0.100. The SMILES string of the molecule is Cl.NC(=O)c1ccc(-c2ccc(C3CCNCC3)cc2)cc1. The van der Waals surface area contributed by atoms with Crippen molar-refractivity contribution in [1.82, 2.24) is 5.32 Å². The number of benzene rings is 2. The molecule has 1 aliphatic heterocycles. The van der Waals surface area contributed by atoms with Crippen LogP contribution in [0.1, 0.15) is 34.7 Å². The first-order valence-corrected chi connectivity index (χ1v) is 7.45. The van der Waals surface area contributed by atoms with Crippen LogP contribution in [0.4, 0.5) is 0 Å². The van der Waals surface area contributed by atoms with Crippen molar-refractivity contribution in [2.45, 2.75) is 18.8 Å². The van der Waals surface area contributed by atoms with Gasteiger partial charge in [-0.15, -0.1) is 12.4 Å². The average molecular weight is 317 g/mol. The smallest absolute Gasteiger partial charge is 0.248 e. The molecule has 1 amide bonds. The minimum Gasteiger partial charge on any atom is -0.366 e. The molecular weight excluding hydrogens is 296 g/mol. The monoisotopic (exact) mass is 316 g/mol. The molecule has 1 aliphatic rings. The number of piperidine rings is 1. The maximum Gasteiger partial charge on any atom is 0.248 e. The average Bonchev–Trinajstić information content (AvgIpc) is 2.56. The Labute approximate surface area is 137 Å². The number of rotatable bonds is 3. The topological polar surface area (TPSA) is 55.1 Å². The van der Waals surface area contributed by atoms with Gasteiger partial charge in [0.25, 0.3) is 0 Å². The molecule has 0 spiro atoms. The first kappa shape index (κ1) is 16.5. The van der Waals surface area contributed by atoms with Crippen molar-refractivity contribution in [1.29, 1.82) is 0 Å². The number of primary amides is 1. The number of carbonyl (C=O) groups is 1. The van der Waals surface area contributed by atoms with Crippen molar-refractivity contribution in [3.05, 3.63) is 59.7 Å². The van der Waals surface area contributed by atoms with E-state index in [4.69, 9.17) is 5.73 Å². The Morgan fingerprint density at radius 1 is 0.909 bits per heavy atom. The molecule has 1 fully saturated rings. The zero-order valence-electron chi connectivity index (χ0n) is 12.4. The van der Waals surface area contributed by atoms with Crippen LogP contribution < -0.4 is 11.1 Å². The molecule has 0 bridgehead atoms. The van der Waals surface area contributed by atoms with Gasteiger partial charge < -0.3 is 11.1 Å². The van der Waals surface area contributed by atoms with Crippen molar-refractivity contribution in [3.63, 3.8) is 0 Å². The fraction of sp³-hybridized carbons (Fsp3) is 0.278. The van der Waals surface area contributed by atoms with Gasteiger partial charge in [-0.05, 0) is 60.7 Å². The van der Waals surface area contributed by atoms with Crippen LogP contribution in [0, 0.1) is 0 Å². The third-order valence-corrected chi connectivity index (χ3v) is 4.22. The summed E-state index contributed by atoms with van der Waals surface area (Å²) in [7, 11) is 0. The Bertz CT molecular complexity index is 617. The number of carbonyl (C=O) groups excluding carboxylic acids is 1. The summed E-state index contributed by atoms with van der Waals surface area (Å²) in [4.78, 5) is 11.1. The number of hydrogen-bond donors (Lipinski definition) is 2. The van der Waals surface area contributed by atoms with Gasteiger partial charge in [0.15, 0.2) is 0 Å². The summed E-state index contributed by atoms with van der Waals surface area (Å²) >= 11 is 0. The normalized spacial score (nSPS) is 15.1. The maximum absolute atomic E-state index is 11.1. The van der Waals surface area contributed by atoms with Crippen LogP contribution in [0.3, 0.4) is 0 Å². The number of hydrogen-bond acceptors (Lipinski definition) is 2. The van der Waals surface area contributed by atoms with Gasteiger partial charge in [0, 0.05) is 5.56 Å². The quantitative estimate of drug-likeness (QED) is 0.912. The summed E-state index contributed by atoms with van der Waals surface area (Å²) in [5.74, 6) is 0.292. The highest BCUT2D eigenvalue weighted by atomic mass is 35.5. The van der Waals surface area contributed by atoms with Gasteiger partial charge >= 0.3 is 0 Å². The first-order chi connectivity index (χ1) is 10.2. The lowest BCUT2D eigenvalue weighted by Gasteiger charge is -2.23. The fourth-order valence-electron chi connectivity index (χ4n) is 2.93. The van der Waals surface area contributed by atoms with Crippen LogP contribution >= 0.6 is 12.4 Å². The summed E-state index contributed by atoms with van der Waals surface area (Å²) in [6.07, 6.45) is 2.43. The van der Waals surface area contributed by atoms with Crippen molar-refractivity contribution in [2.75, 3.05) is 13.1 Å². The van der Waals surface area contributed by atoms with Gasteiger partial charge in [-0.1, -0.05) is 36.4 Å². The summed E-state index contributed by atoms with van der Waals surface area (Å²) in [6.45, 7) is 2.22. The molecule has 3 rings (SSSR count). The Hall–Kier alpha value is -1.84. The van der Waals surface area contributed by atoms with E-state index in [0.29, 0.717) is 11.5 Å². The van der Waals surface area contributed by atoms with Crippen molar-refractivity contribution in [2.24, 2.45) is 5.73 Å². The van der Waals surface area contributed by atoms with Gasteiger partial charge in [-0.2, -0.15) is 0 Å². The van der Waals surface area contributed by atoms with Gasteiger partial charge in [0.2, 0.25) is 5.91 Å². The molecule has 0 aromatic heterocycles. The maximum atomic E-state index is 11.1. The van der Waals surface area contributed by atoms with Crippen molar-refractivity contribution in [3.8, 4) is 11.1 Å². The highest BCUT2D eigenvalue weighted by molar-refractivity contribution is 5.93. The Kier molecular flexibility index (Phi) is 5.58. The van der Waals surface area contributed by atoms with E-state index in [1.54, 1.807) is 12.1 Å². The van der Waals surface area contributed by atoms with Crippen LogP contribution in [-0.2, 0) is 0 Å². The predicted octanol–water partition coefficient (Wildman–Crippen LogP) is 3.34. The van der Waals surface area contributed by atoms with Gasteiger partial charge in [0.05, 0.1) is 0 Å². The molecule has 3 N–H and O–H groups in total. The molecule has 116 valence electrons. The molecule has 0 saturated carbocycles. The minimum atomic E-state index is -0.386. The second-order valence-corrected chi connectivity index (χ2v) is 5.59. The molecule has 0 atom stereocenters. The highest BCUT2D eigenvalue weighted by Crippen LogP contribution is 2.27. The summed E-state index contributed by atoms with van der Waals surface area (Å²) in [5.41, 5.74) is 9.51.